The van der Waals surface area contributed by atoms with Gasteiger partial charge in [-0.1, -0.05) is 6.08 Å². The lowest BCUT2D eigenvalue weighted by molar-refractivity contribution is -0.144. The minimum absolute atomic E-state index is 0.259. The lowest BCUT2D eigenvalue weighted by Gasteiger charge is -2.16. The van der Waals surface area contributed by atoms with E-state index in [0.29, 0.717) is 17.8 Å². The van der Waals surface area contributed by atoms with E-state index < -0.39 is 11.9 Å². The van der Waals surface area contributed by atoms with E-state index in [2.05, 4.69) is 15.7 Å². The first-order valence-electron chi connectivity index (χ1n) is 7.05. The number of aromatic nitrogens is 2. The molecule has 0 unspecified atom stereocenters. The molecule has 0 N–H and O–H groups in total. The van der Waals surface area contributed by atoms with Crippen LogP contribution in [0.3, 0.4) is 0 Å². The first-order chi connectivity index (χ1) is 10.0. The average molecular weight is 295 g/mol. The summed E-state index contributed by atoms with van der Waals surface area (Å²) < 4.78 is 40.4. The van der Waals surface area contributed by atoms with Crippen molar-refractivity contribution in [2.24, 2.45) is 0 Å². The third kappa shape index (κ3) is 3.12. The quantitative estimate of drug-likeness (QED) is 0.796. The Bertz CT molecular complexity index is 613. The second kappa shape index (κ2) is 5.54. The van der Waals surface area contributed by atoms with Crippen LogP contribution in [0.1, 0.15) is 24.2 Å². The van der Waals surface area contributed by atoms with Crippen LogP contribution >= 0.6 is 0 Å². The van der Waals surface area contributed by atoms with Crippen LogP contribution in [-0.2, 0) is 12.7 Å². The summed E-state index contributed by atoms with van der Waals surface area (Å²) in [5.41, 5.74) is 3.13. The molecule has 1 saturated heterocycles. The molecular formula is C15H16F3N3. The zero-order chi connectivity index (χ0) is 14.9. The molecule has 112 valence electrons. The van der Waals surface area contributed by atoms with Gasteiger partial charge < -0.3 is 4.90 Å². The Labute approximate surface area is 121 Å². The summed E-state index contributed by atoms with van der Waals surface area (Å²) in [6.45, 7) is 2.79. The maximum Gasteiger partial charge on any atom is 0.433 e. The van der Waals surface area contributed by atoms with Gasteiger partial charge in [-0.05, 0) is 44.1 Å². The predicted molar refractivity (Wildman–Crippen MR) is 73.5 cm³/mol. The van der Waals surface area contributed by atoms with Crippen molar-refractivity contribution in [3.05, 3.63) is 41.4 Å². The fourth-order valence-corrected chi connectivity index (χ4v) is 2.68. The molecule has 3 nitrogen and oxygen atoms in total. The smallest absolute Gasteiger partial charge is 0.301 e. The first kappa shape index (κ1) is 14.2. The van der Waals surface area contributed by atoms with Crippen molar-refractivity contribution in [2.75, 3.05) is 19.6 Å². The molecule has 21 heavy (non-hydrogen) atoms. The predicted octanol–water partition coefficient (Wildman–Crippen LogP) is 3.11. The second-order valence-corrected chi connectivity index (χ2v) is 5.27. The van der Waals surface area contributed by atoms with Crippen LogP contribution in [0.25, 0.3) is 5.57 Å². The van der Waals surface area contributed by atoms with Crippen molar-refractivity contribution in [2.45, 2.75) is 25.6 Å². The number of allylic oxidation sites excluding steroid dienone is 3. The maximum atomic E-state index is 13.1. The summed E-state index contributed by atoms with van der Waals surface area (Å²) in [5, 5.41) is 4.12. The fourth-order valence-electron chi connectivity index (χ4n) is 2.68. The van der Waals surface area contributed by atoms with Gasteiger partial charge in [0.15, 0.2) is 0 Å². The third-order valence-electron chi connectivity index (χ3n) is 3.77. The van der Waals surface area contributed by atoms with Gasteiger partial charge in [-0.25, -0.2) is 0 Å². The number of nitrogens with zero attached hydrogens (tertiary/aromatic N) is 3. The lowest BCUT2D eigenvalue weighted by Crippen LogP contribution is -2.26. The van der Waals surface area contributed by atoms with Gasteiger partial charge in [0.25, 0.3) is 0 Å². The van der Waals surface area contributed by atoms with Crippen molar-refractivity contribution in [1.29, 1.82) is 0 Å². The van der Waals surface area contributed by atoms with E-state index in [4.69, 9.17) is 0 Å². The molecule has 6 heteroatoms. The molecule has 0 radical (unpaired) electrons. The van der Waals surface area contributed by atoms with Crippen LogP contribution < -0.4 is 0 Å². The minimum atomic E-state index is -4.39. The largest absolute Gasteiger partial charge is 0.433 e. The second-order valence-electron chi connectivity index (χ2n) is 5.27. The number of hydrogen-bond acceptors (Lipinski definition) is 2. The Hall–Kier alpha value is -1.78. The summed E-state index contributed by atoms with van der Waals surface area (Å²) in [7, 11) is 0. The van der Waals surface area contributed by atoms with Crippen LogP contribution in [-0.4, -0.2) is 34.3 Å². The van der Waals surface area contributed by atoms with E-state index in [-0.39, 0.29) is 6.54 Å². The summed E-state index contributed by atoms with van der Waals surface area (Å²) in [6.07, 6.45) is 2.99. The molecule has 0 amide bonds. The molecule has 1 aliphatic carbocycles. The number of rotatable bonds is 4. The zero-order valence-corrected chi connectivity index (χ0v) is 11.5. The van der Waals surface area contributed by atoms with E-state index in [1.165, 1.54) is 0 Å². The molecular weight excluding hydrogens is 279 g/mol. The molecule has 3 rings (SSSR count). The van der Waals surface area contributed by atoms with Crippen LogP contribution in [0, 0.1) is 0 Å². The highest BCUT2D eigenvalue weighted by Gasteiger charge is 2.36. The zero-order valence-electron chi connectivity index (χ0n) is 11.5. The highest BCUT2D eigenvalue weighted by molar-refractivity contribution is 5.74. The number of alkyl halides is 3. The van der Waals surface area contributed by atoms with Crippen LogP contribution in [0.5, 0.6) is 0 Å². The SMILES string of the molecule is FC(F)(F)c1cc(C2=C=CC=C2)nn1CCN1CCCC1. The standard InChI is InChI=1S/C15H16F3N3/c16-15(17,18)14-11-13(12-5-1-2-6-12)19-21(14)10-9-20-7-3-4-8-20/h1-2,5,11H,3-4,7-10H2. The molecule has 2 aliphatic rings. The summed E-state index contributed by atoms with van der Waals surface area (Å²) in [4.78, 5) is 2.18. The topological polar surface area (TPSA) is 21.1 Å². The first-order valence-corrected chi connectivity index (χ1v) is 7.05. The van der Waals surface area contributed by atoms with Gasteiger partial charge in [0.2, 0.25) is 0 Å². The Kier molecular flexibility index (Phi) is 3.74. The van der Waals surface area contributed by atoms with E-state index in [1.54, 1.807) is 18.2 Å². The van der Waals surface area contributed by atoms with Crippen LogP contribution in [0.4, 0.5) is 13.2 Å². The van der Waals surface area contributed by atoms with Crippen LogP contribution in [0.2, 0.25) is 0 Å². The normalized spacial score (nSPS) is 18.7. The van der Waals surface area contributed by atoms with Gasteiger partial charge in [-0.15, -0.1) is 5.73 Å². The molecule has 0 aromatic carbocycles. The van der Waals surface area contributed by atoms with Gasteiger partial charge in [0.1, 0.15) is 11.4 Å². The van der Waals surface area contributed by atoms with Crippen molar-refractivity contribution in [3.8, 4) is 0 Å². The monoisotopic (exact) mass is 295 g/mol. The molecule has 1 aromatic rings. The van der Waals surface area contributed by atoms with Gasteiger partial charge in [0.05, 0.1) is 6.54 Å². The van der Waals surface area contributed by atoms with Crippen LogP contribution in [0.15, 0.2) is 30.0 Å². The Morgan fingerprint density at radius 1 is 1.19 bits per heavy atom. The lowest BCUT2D eigenvalue weighted by atomic mass is 10.2. The molecule has 0 saturated carbocycles. The Balaban J connectivity index is 1.82. The fraction of sp³-hybridized carbons (Fsp3) is 0.467. The Morgan fingerprint density at radius 3 is 2.57 bits per heavy atom. The van der Waals surface area contributed by atoms with E-state index in [0.717, 1.165) is 36.7 Å². The summed E-state index contributed by atoms with van der Waals surface area (Å²) >= 11 is 0. The number of hydrogen-bond donors (Lipinski definition) is 0. The molecule has 1 aromatic heterocycles. The van der Waals surface area contributed by atoms with Gasteiger partial charge in [-0.3, -0.25) is 4.68 Å². The molecule has 0 atom stereocenters. The average Bonchev–Trinajstić information content (AvgIpc) is 3.16. The number of likely N-dealkylation sites (tertiary alicyclic amines) is 1. The van der Waals surface area contributed by atoms with Crippen molar-refractivity contribution in [3.63, 3.8) is 0 Å². The van der Waals surface area contributed by atoms with Crippen molar-refractivity contribution in [1.82, 2.24) is 14.7 Å². The Morgan fingerprint density at radius 2 is 1.95 bits per heavy atom. The number of halogens is 3. The molecule has 0 bridgehead atoms. The minimum Gasteiger partial charge on any atom is -0.301 e. The van der Waals surface area contributed by atoms with E-state index in [9.17, 15) is 13.2 Å². The maximum absolute atomic E-state index is 13.1. The third-order valence-corrected chi connectivity index (χ3v) is 3.77. The van der Waals surface area contributed by atoms with Gasteiger partial charge >= 0.3 is 6.18 Å². The van der Waals surface area contributed by atoms with Crippen molar-refractivity contribution >= 4 is 5.57 Å². The summed E-state index contributed by atoms with van der Waals surface area (Å²) in [5.74, 6) is 0. The van der Waals surface area contributed by atoms with Gasteiger partial charge in [-0.2, -0.15) is 18.3 Å². The highest BCUT2D eigenvalue weighted by atomic mass is 19.4. The molecule has 2 heterocycles. The van der Waals surface area contributed by atoms with Gasteiger partial charge in [0, 0.05) is 12.1 Å². The highest BCUT2D eigenvalue weighted by Crippen LogP contribution is 2.31. The molecule has 0 spiro atoms. The van der Waals surface area contributed by atoms with E-state index in [1.807, 2.05) is 0 Å². The summed E-state index contributed by atoms with van der Waals surface area (Å²) in [6, 6.07) is 1.11. The van der Waals surface area contributed by atoms with Crippen molar-refractivity contribution < 1.29 is 13.2 Å². The molecule has 1 fully saturated rings. The molecule has 1 aliphatic heterocycles. The van der Waals surface area contributed by atoms with E-state index >= 15 is 0 Å².